The second-order valence-electron chi connectivity index (χ2n) is 3.35. The van der Waals surface area contributed by atoms with E-state index in [0.29, 0.717) is 0 Å². The van der Waals surface area contributed by atoms with Gasteiger partial charge in [-0.25, -0.2) is 0 Å². The number of carboxylic acids is 1. The second-order valence-corrected chi connectivity index (χ2v) is 3.35. The van der Waals surface area contributed by atoms with Crippen LogP contribution >= 0.6 is 0 Å². The Labute approximate surface area is 95.4 Å². The first-order valence-electron chi connectivity index (χ1n) is 4.64. The third kappa shape index (κ3) is 3.92. The molecule has 0 aliphatic rings. The van der Waals surface area contributed by atoms with E-state index in [1.54, 1.807) is 0 Å². The van der Waals surface area contributed by atoms with Gasteiger partial charge in [0, 0.05) is 0 Å². The smallest absolute Gasteiger partial charge is 0.416 e. The molecule has 0 radical (unpaired) electrons. The Morgan fingerprint density at radius 2 is 2.06 bits per heavy atom. The highest BCUT2D eigenvalue weighted by atomic mass is 19.4. The van der Waals surface area contributed by atoms with Crippen LogP contribution in [0, 0.1) is 0 Å². The Kier molecular flexibility index (Phi) is 3.90. The number of rotatable bonds is 3. The summed E-state index contributed by atoms with van der Waals surface area (Å²) in [4.78, 5) is 10.4. The SMILES string of the molecule is NC(/C=C/c1cccc(C(F)(F)F)c1)C(=O)O. The van der Waals surface area contributed by atoms with Crippen molar-refractivity contribution in [3.63, 3.8) is 0 Å². The van der Waals surface area contributed by atoms with Crippen LogP contribution in [0.3, 0.4) is 0 Å². The summed E-state index contributed by atoms with van der Waals surface area (Å²) in [6, 6.07) is 3.30. The van der Waals surface area contributed by atoms with Gasteiger partial charge in [0.1, 0.15) is 6.04 Å². The molecule has 0 bridgehead atoms. The van der Waals surface area contributed by atoms with Crippen molar-refractivity contribution >= 4 is 12.0 Å². The lowest BCUT2D eigenvalue weighted by molar-refractivity contribution is -0.138. The van der Waals surface area contributed by atoms with Gasteiger partial charge in [0.2, 0.25) is 0 Å². The number of nitrogens with two attached hydrogens (primary N) is 1. The molecule has 0 saturated heterocycles. The first-order valence-corrected chi connectivity index (χ1v) is 4.64. The molecule has 0 fully saturated rings. The van der Waals surface area contributed by atoms with Crippen LogP contribution in [0.4, 0.5) is 13.2 Å². The van der Waals surface area contributed by atoms with E-state index in [1.165, 1.54) is 18.2 Å². The van der Waals surface area contributed by atoms with Crippen LogP contribution in [-0.4, -0.2) is 17.1 Å². The molecule has 0 amide bonds. The molecule has 0 aliphatic carbocycles. The van der Waals surface area contributed by atoms with Gasteiger partial charge in [-0.15, -0.1) is 0 Å². The lowest BCUT2D eigenvalue weighted by Crippen LogP contribution is -2.27. The van der Waals surface area contributed by atoms with Crippen molar-refractivity contribution in [2.24, 2.45) is 5.73 Å². The fourth-order valence-electron chi connectivity index (χ4n) is 1.12. The highest BCUT2D eigenvalue weighted by Gasteiger charge is 2.30. The number of carboxylic acid groups (broad SMARTS) is 1. The van der Waals surface area contributed by atoms with E-state index in [4.69, 9.17) is 10.8 Å². The summed E-state index contributed by atoms with van der Waals surface area (Å²) in [7, 11) is 0. The number of hydrogen-bond acceptors (Lipinski definition) is 2. The zero-order valence-corrected chi connectivity index (χ0v) is 8.61. The molecule has 0 heterocycles. The van der Waals surface area contributed by atoms with Gasteiger partial charge in [-0.05, 0) is 17.7 Å². The quantitative estimate of drug-likeness (QED) is 0.857. The Balaban J connectivity index is 2.90. The van der Waals surface area contributed by atoms with E-state index in [1.807, 2.05) is 0 Å². The van der Waals surface area contributed by atoms with Gasteiger partial charge < -0.3 is 10.8 Å². The summed E-state index contributed by atoms with van der Waals surface area (Å²) in [5, 5.41) is 8.49. The van der Waals surface area contributed by atoms with E-state index in [9.17, 15) is 18.0 Å². The first kappa shape index (κ1) is 13.2. The van der Waals surface area contributed by atoms with Crippen molar-refractivity contribution in [3.05, 3.63) is 41.5 Å². The maximum absolute atomic E-state index is 12.4. The Morgan fingerprint density at radius 1 is 1.41 bits per heavy atom. The van der Waals surface area contributed by atoms with Crippen LogP contribution in [0.15, 0.2) is 30.3 Å². The van der Waals surface area contributed by atoms with Crippen molar-refractivity contribution in [1.29, 1.82) is 0 Å². The molecular weight excluding hydrogens is 235 g/mol. The Morgan fingerprint density at radius 3 is 2.59 bits per heavy atom. The minimum atomic E-state index is -4.42. The molecule has 1 rings (SSSR count). The molecule has 1 atom stereocenters. The molecule has 3 N–H and O–H groups in total. The summed E-state index contributed by atoms with van der Waals surface area (Å²) in [6.45, 7) is 0. The van der Waals surface area contributed by atoms with Gasteiger partial charge in [-0.1, -0.05) is 24.3 Å². The molecule has 3 nitrogen and oxygen atoms in total. The fraction of sp³-hybridized carbons (Fsp3) is 0.182. The molecule has 0 saturated carbocycles. The maximum atomic E-state index is 12.4. The molecule has 1 aromatic rings. The lowest BCUT2D eigenvalue weighted by Gasteiger charge is -2.06. The lowest BCUT2D eigenvalue weighted by atomic mass is 10.1. The van der Waals surface area contributed by atoms with Crippen molar-refractivity contribution in [3.8, 4) is 0 Å². The summed E-state index contributed by atoms with van der Waals surface area (Å²) in [5.41, 5.74) is 4.64. The average Bonchev–Trinajstić information content (AvgIpc) is 2.25. The predicted octanol–water partition coefficient (Wildman–Crippen LogP) is 2.13. The summed E-state index contributed by atoms with van der Waals surface area (Å²) >= 11 is 0. The van der Waals surface area contributed by atoms with Crippen LogP contribution in [0.1, 0.15) is 11.1 Å². The van der Waals surface area contributed by atoms with Gasteiger partial charge in [-0.3, -0.25) is 4.79 Å². The summed E-state index contributed by atoms with van der Waals surface area (Å²) < 4.78 is 37.1. The zero-order chi connectivity index (χ0) is 13.1. The minimum absolute atomic E-state index is 0.247. The van der Waals surface area contributed by atoms with E-state index in [2.05, 4.69) is 0 Å². The van der Waals surface area contributed by atoms with Crippen molar-refractivity contribution in [2.45, 2.75) is 12.2 Å². The average molecular weight is 245 g/mol. The van der Waals surface area contributed by atoms with Gasteiger partial charge in [0.05, 0.1) is 5.56 Å². The molecule has 1 aromatic carbocycles. The second kappa shape index (κ2) is 5.01. The molecule has 0 aliphatic heterocycles. The normalized spacial score (nSPS) is 13.9. The van der Waals surface area contributed by atoms with Crippen molar-refractivity contribution in [1.82, 2.24) is 0 Å². The number of halogens is 3. The minimum Gasteiger partial charge on any atom is -0.480 e. The summed E-state index contributed by atoms with van der Waals surface area (Å²) in [6.07, 6.45) is -2.05. The van der Waals surface area contributed by atoms with Crippen LogP contribution in [0.25, 0.3) is 6.08 Å². The highest BCUT2D eigenvalue weighted by molar-refractivity contribution is 5.77. The van der Waals surface area contributed by atoms with Crippen molar-refractivity contribution in [2.75, 3.05) is 0 Å². The van der Waals surface area contributed by atoms with Crippen molar-refractivity contribution < 1.29 is 23.1 Å². The largest absolute Gasteiger partial charge is 0.480 e. The summed E-state index contributed by atoms with van der Waals surface area (Å²) in [5.74, 6) is -1.24. The molecule has 1 unspecified atom stereocenters. The topological polar surface area (TPSA) is 63.3 Å². The Bertz CT molecular complexity index is 441. The molecule has 6 heteroatoms. The molecule has 0 spiro atoms. The molecular formula is C11H10F3NO2. The number of hydrogen-bond donors (Lipinski definition) is 2. The zero-order valence-electron chi connectivity index (χ0n) is 8.61. The third-order valence-electron chi connectivity index (χ3n) is 2.00. The molecule has 0 aromatic heterocycles. The highest BCUT2D eigenvalue weighted by Crippen LogP contribution is 2.29. The molecule has 17 heavy (non-hydrogen) atoms. The van der Waals surface area contributed by atoms with E-state index in [0.717, 1.165) is 18.2 Å². The van der Waals surface area contributed by atoms with Gasteiger partial charge in [0.25, 0.3) is 0 Å². The van der Waals surface area contributed by atoms with Crippen LogP contribution in [0.5, 0.6) is 0 Å². The number of benzene rings is 1. The fourth-order valence-corrected chi connectivity index (χ4v) is 1.12. The Hall–Kier alpha value is -1.82. The van der Waals surface area contributed by atoms with Crippen LogP contribution < -0.4 is 5.73 Å². The third-order valence-corrected chi connectivity index (χ3v) is 2.00. The molecule has 92 valence electrons. The van der Waals surface area contributed by atoms with Crippen LogP contribution in [-0.2, 0) is 11.0 Å². The van der Waals surface area contributed by atoms with Crippen LogP contribution in [0.2, 0.25) is 0 Å². The standard InChI is InChI=1S/C11H10F3NO2/c12-11(13,14)8-3-1-2-7(6-8)4-5-9(15)10(16)17/h1-6,9H,15H2,(H,16,17)/b5-4+. The van der Waals surface area contributed by atoms with E-state index < -0.39 is 23.8 Å². The monoisotopic (exact) mass is 245 g/mol. The number of aliphatic carboxylic acids is 1. The number of carbonyl (C=O) groups is 1. The predicted molar refractivity (Wildman–Crippen MR) is 56.1 cm³/mol. The first-order chi connectivity index (χ1) is 7.80. The van der Waals surface area contributed by atoms with Gasteiger partial charge in [0.15, 0.2) is 0 Å². The van der Waals surface area contributed by atoms with Gasteiger partial charge >= 0.3 is 12.1 Å². The van der Waals surface area contributed by atoms with E-state index >= 15 is 0 Å². The van der Waals surface area contributed by atoms with E-state index in [-0.39, 0.29) is 5.56 Å². The number of alkyl halides is 3. The maximum Gasteiger partial charge on any atom is 0.416 e. The van der Waals surface area contributed by atoms with Gasteiger partial charge in [-0.2, -0.15) is 13.2 Å².